The van der Waals surface area contributed by atoms with E-state index < -0.39 is 9.84 Å². The van der Waals surface area contributed by atoms with Crippen molar-refractivity contribution in [3.63, 3.8) is 0 Å². The smallest absolute Gasteiger partial charge is 0.153 e. The number of nitrogens with two attached hydrogens (primary N) is 1. The van der Waals surface area contributed by atoms with Gasteiger partial charge in [-0.25, -0.2) is 13.4 Å². The lowest BCUT2D eigenvalue weighted by atomic mass is 10.2. The summed E-state index contributed by atoms with van der Waals surface area (Å²) in [6, 6.07) is 1.85. The van der Waals surface area contributed by atoms with Crippen LogP contribution in [0.25, 0.3) is 10.2 Å². The average molecular weight is 327 g/mol. The number of anilines is 2. The van der Waals surface area contributed by atoms with Crippen molar-refractivity contribution in [2.24, 2.45) is 0 Å². The standard InChI is InChI=1S/C13H17N3O3S2/c1-2-19-10-7-11(15-13-12(10)9(14)8-20-13)16-3-5-21(17,18)6-4-16/h7-8H,2-6,14H2,1H3. The van der Waals surface area contributed by atoms with E-state index in [4.69, 9.17) is 10.5 Å². The fourth-order valence-electron chi connectivity index (χ4n) is 2.39. The Morgan fingerprint density at radius 3 is 2.81 bits per heavy atom. The molecule has 0 aliphatic carbocycles. The Morgan fingerprint density at radius 2 is 2.14 bits per heavy atom. The molecule has 21 heavy (non-hydrogen) atoms. The molecule has 2 N–H and O–H groups in total. The van der Waals surface area contributed by atoms with Crippen LogP contribution in [-0.2, 0) is 9.84 Å². The molecule has 0 amide bonds. The fourth-order valence-corrected chi connectivity index (χ4v) is 4.43. The first-order valence-corrected chi connectivity index (χ1v) is 9.46. The number of thiophene rings is 1. The summed E-state index contributed by atoms with van der Waals surface area (Å²) in [5.41, 5.74) is 6.63. The van der Waals surface area contributed by atoms with Gasteiger partial charge in [-0.05, 0) is 6.92 Å². The molecule has 3 heterocycles. The van der Waals surface area contributed by atoms with E-state index >= 15 is 0 Å². The first kappa shape index (κ1) is 14.4. The van der Waals surface area contributed by atoms with Gasteiger partial charge in [-0.3, -0.25) is 0 Å². The number of nitrogen functional groups attached to an aromatic ring is 1. The lowest BCUT2D eigenvalue weighted by molar-refractivity contribution is 0.344. The lowest BCUT2D eigenvalue weighted by Gasteiger charge is -2.28. The van der Waals surface area contributed by atoms with E-state index in [0.717, 1.165) is 16.0 Å². The number of rotatable bonds is 3. The van der Waals surface area contributed by atoms with Gasteiger partial charge in [-0.2, -0.15) is 0 Å². The summed E-state index contributed by atoms with van der Waals surface area (Å²) in [6.45, 7) is 3.39. The maximum atomic E-state index is 11.5. The van der Waals surface area contributed by atoms with Gasteiger partial charge in [0.15, 0.2) is 9.84 Å². The van der Waals surface area contributed by atoms with Gasteiger partial charge in [0.25, 0.3) is 0 Å². The predicted molar refractivity (Wildman–Crippen MR) is 86.1 cm³/mol. The summed E-state index contributed by atoms with van der Waals surface area (Å²) in [7, 11) is -2.90. The third-order valence-corrected chi connectivity index (χ3v) is 5.99. The van der Waals surface area contributed by atoms with Crippen molar-refractivity contribution in [2.45, 2.75) is 6.92 Å². The summed E-state index contributed by atoms with van der Waals surface area (Å²) in [4.78, 5) is 7.41. The zero-order valence-corrected chi connectivity index (χ0v) is 13.3. The molecule has 0 spiro atoms. The average Bonchev–Trinajstić information content (AvgIpc) is 2.81. The van der Waals surface area contributed by atoms with Crippen LogP contribution in [0.1, 0.15) is 6.92 Å². The number of hydrogen-bond donors (Lipinski definition) is 1. The molecule has 1 saturated heterocycles. The highest BCUT2D eigenvalue weighted by Crippen LogP contribution is 2.37. The van der Waals surface area contributed by atoms with E-state index in [1.807, 2.05) is 23.3 Å². The highest BCUT2D eigenvalue weighted by atomic mass is 32.2. The molecule has 0 saturated carbocycles. The van der Waals surface area contributed by atoms with Crippen LogP contribution in [-0.4, -0.2) is 44.6 Å². The van der Waals surface area contributed by atoms with Crippen molar-refractivity contribution in [1.82, 2.24) is 4.98 Å². The monoisotopic (exact) mass is 327 g/mol. The number of aromatic nitrogens is 1. The number of nitrogens with zero attached hydrogens (tertiary/aromatic N) is 2. The molecule has 3 rings (SSSR count). The molecule has 6 nitrogen and oxygen atoms in total. The molecule has 0 aromatic carbocycles. The molecule has 0 bridgehead atoms. The van der Waals surface area contributed by atoms with Crippen LogP contribution in [0.4, 0.5) is 11.5 Å². The second-order valence-corrected chi connectivity index (χ2v) is 8.08. The van der Waals surface area contributed by atoms with E-state index in [9.17, 15) is 8.42 Å². The first-order chi connectivity index (χ1) is 10.00. The lowest BCUT2D eigenvalue weighted by Crippen LogP contribution is -2.40. The third-order valence-electron chi connectivity index (χ3n) is 3.49. The van der Waals surface area contributed by atoms with Crippen molar-refractivity contribution < 1.29 is 13.2 Å². The number of ether oxygens (including phenoxy) is 1. The fraction of sp³-hybridized carbons (Fsp3) is 0.462. The van der Waals surface area contributed by atoms with Gasteiger partial charge in [-0.15, -0.1) is 11.3 Å². The van der Waals surface area contributed by atoms with Crippen molar-refractivity contribution in [1.29, 1.82) is 0 Å². The van der Waals surface area contributed by atoms with Crippen molar-refractivity contribution in [3.8, 4) is 5.75 Å². The van der Waals surface area contributed by atoms with Crippen molar-refractivity contribution in [2.75, 3.05) is 41.8 Å². The minimum Gasteiger partial charge on any atom is -0.493 e. The molecule has 8 heteroatoms. The minimum absolute atomic E-state index is 0.170. The molecule has 0 radical (unpaired) electrons. The van der Waals surface area contributed by atoms with E-state index in [1.54, 1.807) is 0 Å². The molecular weight excluding hydrogens is 310 g/mol. The van der Waals surface area contributed by atoms with Gasteiger partial charge in [0.05, 0.1) is 29.2 Å². The van der Waals surface area contributed by atoms with Gasteiger partial charge in [-0.1, -0.05) is 0 Å². The molecule has 1 fully saturated rings. The Bertz CT molecular complexity index is 756. The zero-order valence-electron chi connectivity index (χ0n) is 11.7. The summed E-state index contributed by atoms with van der Waals surface area (Å²) in [5.74, 6) is 1.80. The summed E-state index contributed by atoms with van der Waals surface area (Å²) >= 11 is 1.47. The molecular formula is C13H17N3O3S2. The van der Waals surface area contributed by atoms with E-state index in [1.165, 1.54) is 11.3 Å². The summed E-state index contributed by atoms with van der Waals surface area (Å²) in [6.07, 6.45) is 0. The molecule has 114 valence electrons. The normalized spacial score (nSPS) is 18.0. The second kappa shape index (κ2) is 5.34. The minimum atomic E-state index is -2.90. The van der Waals surface area contributed by atoms with E-state index in [0.29, 0.717) is 31.1 Å². The Hall–Kier alpha value is -1.54. The Balaban J connectivity index is 2.00. The SMILES string of the molecule is CCOc1cc(N2CCS(=O)(=O)CC2)nc2scc(N)c12. The van der Waals surface area contributed by atoms with E-state index in [-0.39, 0.29) is 11.5 Å². The first-order valence-electron chi connectivity index (χ1n) is 6.76. The molecule has 2 aromatic heterocycles. The van der Waals surface area contributed by atoms with Crippen LogP contribution in [0.15, 0.2) is 11.4 Å². The largest absolute Gasteiger partial charge is 0.493 e. The van der Waals surface area contributed by atoms with Crippen LogP contribution in [0.2, 0.25) is 0 Å². The Labute approximate surface area is 127 Å². The summed E-state index contributed by atoms with van der Waals surface area (Å²) < 4.78 is 28.7. The van der Waals surface area contributed by atoms with Gasteiger partial charge in [0.1, 0.15) is 16.4 Å². The van der Waals surface area contributed by atoms with Gasteiger partial charge in [0, 0.05) is 24.5 Å². The number of sulfone groups is 1. The molecule has 0 unspecified atom stereocenters. The van der Waals surface area contributed by atoms with Crippen LogP contribution >= 0.6 is 11.3 Å². The van der Waals surface area contributed by atoms with Gasteiger partial charge in [0.2, 0.25) is 0 Å². The van der Waals surface area contributed by atoms with Crippen LogP contribution in [0.5, 0.6) is 5.75 Å². The maximum absolute atomic E-state index is 11.5. The highest BCUT2D eigenvalue weighted by Gasteiger charge is 2.24. The topological polar surface area (TPSA) is 85.5 Å². The van der Waals surface area contributed by atoms with Crippen LogP contribution < -0.4 is 15.4 Å². The molecule has 0 atom stereocenters. The Kier molecular flexibility index (Phi) is 3.66. The molecule has 1 aliphatic heterocycles. The highest BCUT2D eigenvalue weighted by molar-refractivity contribution is 7.91. The van der Waals surface area contributed by atoms with Crippen LogP contribution in [0, 0.1) is 0 Å². The molecule has 1 aliphatic rings. The van der Waals surface area contributed by atoms with Crippen LogP contribution in [0.3, 0.4) is 0 Å². The Morgan fingerprint density at radius 1 is 1.43 bits per heavy atom. The zero-order chi connectivity index (χ0) is 15.0. The number of pyridine rings is 1. The second-order valence-electron chi connectivity index (χ2n) is 4.92. The number of fused-ring (bicyclic) bond motifs is 1. The quantitative estimate of drug-likeness (QED) is 0.920. The maximum Gasteiger partial charge on any atom is 0.153 e. The summed E-state index contributed by atoms with van der Waals surface area (Å²) in [5, 5.41) is 2.69. The van der Waals surface area contributed by atoms with Gasteiger partial charge >= 0.3 is 0 Å². The third kappa shape index (κ3) is 2.77. The predicted octanol–water partition coefficient (Wildman–Crippen LogP) is 1.51. The van der Waals surface area contributed by atoms with Crippen molar-refractivity contribution >= 4 is 42.9 Å². The van der Waals surface area contributed by atoms with Gasteiger partial charge < -0.3 is 15.4 Å². The molecule has 2 aromatic rings. The number of hydrogen-bond acceptors (Lipinski definition) is 7. The van der Waals surface area contributed by atoms with E-state index in [2.05, 4.69) is 4.98 Å². The van der Waals surface area contributed by atoms with Crippen molar-refractivity contribution in [3.05, 3.63) is 11.4 Å².